The molecule has 0 unspecified atom stereocenters. The first kappa shape index (κ1) is 14.5. The van der Waals surface area contributed by atoms with E-state index in [9.17, 15) is 22.0 Å². The normalized spacial score (nSPS) is 10.8. The molecule has 0 amide bonds. The smallest absolute Gasteiger partial charge is 0.200 e. The van der Waals surface area contributed by atoms with Crippen molar-refractivity contribution in [1.29, 1.82) is 0 Å². The summed E-state index contributed by atoms with van der Waals surface area (Å²) in [7, 11) is 1.15. The third kappa shape index (κ3) is 2.18. The van der Waals surface area contributed by atoms with Gasteiger partial charge in [0.1, 0.15) is 10.9 Å². The molecule has 0 aliphatic heterocycles. The minimum atomic E-state index is -2.23. The van der Waals surface area contributed by atoms with E-state index in [4.69, 9.17) is 16.3 Å². The van der Waals surface area contributed by atoms with Crippen molar-refractivity contribution >= 4 is 11.6 Å². The molecule has 20 heavy (non-hydrogen) atoms. The van der Waals surface area contributed by atoms with Crippen LogP contribution in [0.2, 0.25) is 5.15 Å². The summed E-state index contributed by atoms with van der Waals surface area (Å²) < 4.78 is 71.5. The summed E-state index contributed by atoms with van der Waals surface area (Å²) in [6.07, 6.45) is 1.01. The summed E-state index contributed by atoms with van der Waals surface area (Å²) >= 11 is 5.57. The summed E-state index contributed by atoms with van der Waals surface area (Å²) in [4.78, 5) is 3.59. The largest absolute Gasteiger partial charge is 0.494 e. The Bertz CT molecular complexity index is 663. The maximum Gasteiger partial charge on any atom is 0.200 e. The van der Waals surface area contributed by atoms with Gasteiger partial charge in [-0.3, -0.25) is 0 Å². The van der Waals surface area contributed by atoms with Gasteiger partial charge in [-0.25, -0.2) is 26.9 Å². The fourth-order valence-corrected chi connectivity index (χ4v) is 1.77. The molecule has 0 fully saturated rings. The summed E-state index contributed by atoms with van der Waals surface area (Å²) in [5, 5.41) is -0.190. The van der Waals surface area contributed by atoms with Gasteiger partial charge in [-0.1, -0.05) is 11.6 Å². The van der Waals surface area contributed by atoms with Crippen LogP contribution in [-0.4, -0.2) is 12.1 Å². The van der Waals surface area contributed by atoms with Gasteiger partial charge < -0.3 is 4.74 Å². The lowest BCUT2D eigenvalue weighted by atomic mass is 10.0. The monoisotopic (exact) mass is 309 g/mol. The van der Waals surface area contributed by atoms with Crippen LogP contribution in [-0.2, 0) is 0 Å². The van der Waals surface area contributed by atoms with Gasteiger partial charge in [0.15, 0.2) is 23.3 Å². The summed E-state index contributed by atoms with van der Waals surface area (Å²) in [5.74, 6) is -10.5. The second kappa shape index (κ2) is 5.24. The van der Waals surface area contributed by atoms with Gasteiger partial charge >= 0.3 is 0 Å². The fourth-order valence-electron chi connectivity index (χ4n) is 1.62. The van der Waals surface area contributed by atoms with Gasteiger partial charge in [-0.2, -0.15) is 0 Å². The Labute approximate surface area is 114 Å². The molecule has 0 aliphatic carbocycles. The van der Waals surface area contributed by atoms with Crippen LogP contribution in [0.3, 0.4) is 0 Å². The highest BCUT2D eigenvalue weighted by atomic mass is 35.5. The molecule has 0 saturated heterocycles. The number of hydrogen-bond acceptors (Lipinski definition) is 2. The summed E-state index contributed by atoms with van der Waals surface area (Å²) in [6, 6.07) is 0.943. The standard InChI is InChI=1S/C12H5ClF5NO/c1-20-5-3-19-6(13)2-4(5)7-8(14)10(16)12(18)11(17)9(7)15/h2-3H,1H3. The molecule has 1 aromatic heterocycles. The van der Waals surface area contributed by atoms with Crippen molar-refractivity contribution < 1.29 is 26.7 Å². The molecule has 2 aromatic rings. The van der Waals surface area contributed by atoms with E-state index >= 15 is 0 Å². The van der Waals surface area contributed by atoms with Gasteiger partial charge in [0.25, 0.3) is 0 Å². The Balaban J connectivity index is 2.86. The average molecular weight is 310 g/mol. The third-order valence-electron chi connectivity index (χ3n) is 2.53. The highest BCUT2D eigenvalue weighted by molar-refractivity contribution is 6.29. The number of hydrogen-bond donors (Lipinski definition) is 0. The molecule has 106 valence electrons. The molecule has 2 nitrogen and oxygen atoms in total. The molecule has 1 aromatic carbocycles. The predicted molar refractivity (Wildman–Crippen MR) is 61.0 cm³/mol. The van der Waals surface area contributed by atoms with E-state index in [2.05, 4.69) is 4.98 Å². The second-order valence-corrected chi connectivity index (χ2v) is 4.04. The highest BCUT2D eigenvalue weighted by Crippen LogP contribution is 2.37. The van der Waals surface area contributed by atoms with E-state index < -0.39 is 34.6 Å². The van der Waals surface area contributed by atoms with Gasteiger partial charge in [-0.05, 0) is 6.07 Å². The molecular weight excluding hydrogens is 305 g/mol. The number of halogens is 6. The number of nitrogens with zero attached hydrogens (tertiary/aromatic N) is 1. The van der Waals surface area contributed by atoms with Crippen LogP contribution >= 0.6 is 11.6 Å². The lowest BCUT2D eigenvalue weighted by Gasteiger charge is -2.12. The van der Waals surface area contributed by atoms with E-state index in [1.54, 1.807) is 0 Å². The Morgan fingerprint density at radius 2 is 1.45 bits per heavy atom. The lowest BCUT2D eigenvalue weighted by Crippen LogP contribution is -2.05. The first-order valence-electron chi connectivity index (χ1n) is 5.09. The van der Waals surface area contributed by atoms with Crippen molar-refractivity contribution in [2.75, 3.05) is 7.11 Å². The van der Waals surface area contributed by atoms with E-state index in [-0.39, 0.29) is 16.5 Å². The molecule has 0 aliphatic rings. The third-order valence-corrected chi connectivity index (χ3v) is 2.74. The van der Waals surface area contributed by atoms with Crippen LogP contribution in [0.25, 0.3) is 11.1 Å². The molecule has 0 spiro atoms. The SMILES string of the molecule is COc1cnc(Cl)cc1-c1c(F)c(F)c(F)c(F)c1F. The van der Waals surface area contributed by atoms with Gasteiger partial charge in [0, 0.05) is 5.56 Å². The van der Waals surface area contributed by atoms with E-state index in [1.165, 1.54) is 0 Å². The van der Waals surface area contributed by atoms with Gasteiger partial charge in [-0.15, -0.1) is 0 Å². The van der Waals surface area contributed by atoms with Crippen molar-refractivity contribution in [2.24, 2.45) is 0 Å². The summed E-state index contributed by atoms with van der Waals surface area (Å²) in [6.45, 7) is 0. The Morgan fingerprint density at radius 1 is 0.950 bits per heavy atom. The highest BCUT2D eigenvalue weighted by Gasteiger charge is 2.28. The second-order valence-electron chi connectivity index (χ2n) is 3.65. The van der Waals surface area contributed by atoms with E-state index in [0.29, 0.717) is 0 Å². The van der Waals surface area contributed by atoms with Crippen molar-refractivity contribution in [3.63, 3.8) is 0 Å². The number of rotatable bonds is 2. The number of methoxy groups -OCH3 is 1. The molecule has 0 saturated carbocycles. The van der Waals surface area contributed by atoms with Crippen molar-refractivity contribution in [3.8, 4) is 16.9 Å². The maximum absolute atomic E-state index is 13.7. The zero-order valence-electron chi connectivity index (χ0n) is 9.78. The molecule has 1 heterocycles. The number of ether oxygens (including phenoxy) is 1. The van der Waals surface area contributed by atoms with Gasteiger partial charge in [0.05, 0.1) is 18.9 Å². The topological polar surface area (TPSA) is 22.1 Å². The number of aromatic nitrogens is 1. The zero-order chi connectivity index (χ0) is 15.0. The van der Waals surface area contributed by atoms with Crippen LogP contribution in [0.5, 0.6) is 5.75 Å². The van der Waals surface area contributed by atoms with Crippen molar-refractivity contribution in [2.45, 2.75) is 0 Å². The van der Waals surface area contributed by atoms with Crippen LogP contribution in [0.15, 0.2) is 12.3 Å². The zero-order valence-corrected chi connectivity index (χ0v) is 10.5. The first-order valence-corrected chi connectivity index (χ1v) is 5.47. The lowest BCUT2D eigenvalue weighted by molar-refractivity contribution is 0.379. The molecule has 0 atom stereocenters. The molecule has 0 bridgehead atoms. The summed E-state index contributed by atoms with van der Waals surface area (Å²) in [5.41, 5.74) is -1.51. The predicted octanol–water partition coefficient (Wildman–Crippen LogP) is 4.11. The molecule has 0 radical (unpaired) electrons. The van der Waals surface area contributed by atoms with Crippen molar-refractivity contribution in [1.82, 2.24) is 4.98 Å². The first-order chi connectivity index (χ1) is 9.38. The number of pyridine rings is 1. The van der Waals surface area contributed by atoms with E-state index in [0.717, 1.165) is 19.4 Å². The number of benzene rings is 1. The maximum atomic E-state index is 13.7. The van der Waals surface area contributed by atoms with E-state index in [1.807, 2.05) is 0 Å². The van der Waals surface area contributed by atoms with Crippen molar-refractivity contribution in [3.05, 3.63) is 46.5 Å². The molecule has 8 heteroatoms. The Kier molecular flexibility index (Phi) is 3.80. The fraction of sp³-hybridized carbons (Fsp3) is 0.0833. The Morgan fingerprint density at radius 3 is 1.95 bits per heavy atom. The minimum Gasteiger partial charge on any atom is -0.494 e. The molecule has 0 N–H and O–H groups in total. The van der Waals surface area contributed by atoms with Crippen LogP contribution in [0, 0.1) is 29.1 Å². The molecular formula is C12H5ClF5NO. The van der Waals surface area contributed by atoms with Crippen LogP contribution < -0.4 is 4.74 Å². The van der Waals surface area contributed by atoms with Crippen LogP contribution in [0.4, 0.5) is 22.0 Å². The van der Waals surface area contributed by atoms with Crippen LogP contribution in [0.1, 0.15) is 0 Å². The molecule has 2 rings (SSSR count). The van der Waals surface area contributed by atoms with Gasteiger partial charge in [0.2, 0.25) is 5.82 Å². The quantitative estimate of drug-likeness (QED) is 0.360. The minimum absolute atomic E-state index is 0.183. The Hall–Kier alpha value is -1.89. The average Bonchev–Trinajstić information content (AvgIpc) is 2.43.